The van der Waals surface area contributed by atoms with Crippen molar-refractivity contribution in [3.63, 3.8) is 0 Å². The molecule has 1 unspecified atom stereocenters. The van der Waals surface area contributed by atoms with Crippen molar-refractivity contribution in [1.82, 2.24) is 5.32 Å². The SMILES string of the molecule is FC(F)Oc1ccc(CNCC2CCSC2)cc1. The van der Waals surface area contributed by atoms with Crippen molar-refractivity contribution in [2.24, 2.45) is 5.92 Å². The molecule has 100 valence electrons. The lowest BCUT2D eigenvalue weighted by Gasteiger charge is -2.10. The summed E-state index contributed by atoms with van der Waals surface area (Å²) in [5.41, 5.74) is 1.09. The number of benzene rings is 1. The molecular weight excluding hydrogens is 256 g/mol. The molecule has 0 spiro atoms. The summed E-state index contributed by atoms with van der Waals surface area (Å²) in [6, 6.07) is 6.78. The molecule has 1 aliphatic rings. The number of ether oxygens (including phenoxy) is 1. The molecule has 1 aliphatic heterocycles. The van der Waals surface area contributed by atoms with Crippen molar-refractivity contribution in [2.45, 2.75) is 19.6 Å². The Morgan fingerprint density at radius 1 is 1.33 bits per heavy atom. The lowest BCUT2D eigenvalue weighted by molar-refractivity contribution is -0.0498. The second kappa shape index (κ2) is 6.95. The van der Waals surface area contributed by atoms with Gasteiger partial charge in [-0.2, -0.15) is 20.5 Å². The predicted octanol–water partition coefficient (Wildman–Crippen LogP) is 3.13. The Bertz CT molecular complexity index is 353. The van der Waals surface area contributed by atoms with Crippen molar-refractivity contribution >= 4 is 11.8 Å². The monoisotopic (exact) mass is 273 g/mol. The van der Waals surface area contributed by atoms with Gasteiger partial charge in [-0.05, 0) is 48.1 Å². The number of thioether (sulfide) groups is 1. The van der Waals surface area contributed by atoms with Crippen LogP contribution in [0.25, 0.3) is 0 Å². The fraction of sp³-hybridized carbons (Fsp3) is 0.538. The van der Waals surface area contributed by atoms with Gasteiger partial charge in [-0.25, -0.2) is 0 Å². The summed E-state index contributed by atoms with van der Waals surface area (Å²) in [7, 11) is 0. The van der Waals surface area contributed by atoms with Crippen molar-refractivity contribution in [2.75, 3.05) is 18.1 Å². The third-order valence-corrected chi connectivity index (χ3v) is 4.17. The molecule has 0 aromatic heterocycles. The van der Waals surface area contributed by atoms with Crippen LogP contribution in [-0.2, 0) is 6.54 Å². The average Bonchev–Trinajstić information content (AvgIpc) is 2.84. The zero-order chi connectivity index (χ0) is 12.8. The molecule has 1 atom stereocenters. The molecule has 0 aliphatic carbocycles. The highest BCUT2D eigenvalue weighted by Crippen LogP contribution is 2.22. The number of halogens is 2. The van der Waals surface area contributed by atoms with Crippen LogP contribution in [0.15, 0.2) is 24.3 Å². The molecule has 5 heteroatoms. The van der Waals surface area contributed by atoms with Crippen LogP contribution in [0.3, 0.4) is 0 Å². The third-order valence-electron chi connectivity index (χ3n) is 2.93. The highest BCUT2D eigenvalue weighted by atomic mass is 32.2. The molecule has 1 aromatic rings. The maximum Gasteiger partial charge on any atom is 0.387 e. The van der Waals surface area contributed by atoms with E-state index in [2.05, 4.69) is 10.1 Å². The molecular formula is C13H17F2NOS. The van der Waals surface area contributed by atoms with Gasteiger partial charge in [-0.15, -0.1) is 0 Å². The summed E-state index contributed by atoms with van der Waals surface area (Å²) < 4.78 is 28.2. The Balaban J connectivity index is 1.72. The van der Waals surface area contributed by atoms with E-state index in [0.29, 0.717) is 0 Å². The van der Waals surface area contributed by atoms with E-state index < -0.39 is 6.61 Å². The average molecular weight is 273 g/mol. The zero-order valence-electron chi connectivity index (χ0n) is 10.1. The lowest BCUT2D eigenvalue weighted by Crippen LogP contribution is -2.22. The first-order chi connectivity index (χ1) is 8.74. The predicted molar refractivity (Wildman–Crippen MR) is 70.2 cm³/mol. The van der Waals surface area contributed by atoms with Crippen molar-refractivity contribution in [3.8, 4) is 5.75 Å². The van der Waals surface area contributed by atoms with Crippen molar-refractivity contribution in [3.05, 3.63) is 29.8 Å². The second-order valence-corrected chi connectivity index (χ2v) is 5.53. The fourth-order valence-corrected chi connectivity index (χ4v) is 3.24. The first-order valence-electron chi connectivity index (χ1n) is 6.06. The van der Waals surface area contributed by atoms with Crippen LogP contribution >= 0.6 is 11.8 Å². The largest absolute Gasteiger partial charge is 0.435 e. The van der Waals surface area contributed by atoms with E-state index in [1.165, 1.54) is 17.9 Å². The lowest BCUT2D eigenvalue weighted by atomic mass is 10.1. The van der Waals surface area contributed by atoms with Gasteiger partial charge in [0.2, 0.25) is 0 Å². The van der Waals surface area contributed by atoms with Gasteiger partial charge >= 0.3 is 6.61 Å². The Kier molecular flexibility index (Phi) is 5.26. The van der Waals surface area contributed by atoms with E-state index in [0.717, 1.165) is 24.6 Å². The first-order valence-corrected chi connectivity index (χ1v) is 7.22. The molecule has 2 rings (SSSR count). The van der Waals surface area contributed by atoms with Gasteiger partial charge in [0.15, 0.2) is 0 Å². The van der Waals surface area contributed by atoms with Gasteiger partial charge in [-0.3, -0.25) is 0 Å². The molecule has 1 N–H and O–H groups in total. The highest BCUT2D eigenvalue weighted by molar-refractivity contribution is 7.99. The number of rotatable bonds is 6. The van der Waals surface area contributed by atoms with Gasteiger partial charge in [-0.1, -0.05) is 12.1 Å². The standard InChI is InChI=1S/C13H17F2NOS/c14-13(15)17-12-3-1-10(2-4-12)7-16-8-11-5-6-18-9-11/h1-4,11,13,16H,5-9H2. The molecule has 1 fully saturated rings. The Labute approximate surface area is 110 Å². The Morgan fingerprint density at radius 3 is 2.72 bits per heavy atom. The Hall–Kier alpha value is -0.810. The van der Waals surface area contributed by atoms with E-state index in [4.69, 9.17) is 0 Å². The van der Waals surface area contributed by atoms with E-state index in [-0.39, 0.29) is 5.75 Å². The summed E-state index contributed by atoms with van der Waals surface area (Å²) in [5.74, 6) is 3.50. The van der Waals surface area contributed by atoms with Crippen LogP contribution in [0.5, 0.6) is 5.75 Å². The molecule has 18 heavy (non-hydrogen) atoms. The van der Waals surface area contributed by atoms with Crippen LogP contribution in [0.4, 0.5) is 8.78 Å². The van der Waals surface area contributed by atoms with Gasteiger partial charge in [0.25, 0.3) is 0 Å². The summed E-state index contributed by atoms with van der Waals surface area (Å²) in [6.07, 6.45) is 1.29. The minimum absolute atomic E-state index is 0.209. The minimum atomic E-state index is -2.76. The number of alkyl halides is 2. The van der Waals surface area contributed by atoms with Gasteiger partial charge in [0.05, 0.1) is 0 Å². The number of hydrogen-bond acceptors (Lipinski definition) is 3. The summed E-state index contributed by atoms with van der Waals surface area (Å²) in [6.45, 7) is -0.952. The molecule has 1 saturated heterocycles. The second-order valence-electron chi connectivity index (χ2n) is 4.38. The molecule has 1 heterocycles. The highest BCUT2D eigenvalue weighted by Gasteiger charge is 2.14. The number of hydrogen-bond donors (Lipinski definition) is 1. The van der Waals surface area contributed by atoms with E-state index in [1.54, 1.807) is 12.1 Å². The maximum atomic E-state index is 12.0. The maximum absolute atomic E-state index is 12.0. The van der Waals surface area contributed by atoms with Gasteiger partial charge in [0.1, 0.15) is 5.75 Å². The zero-order valence-corrected chi connectivity index (χ0v) is 10.9. The molecule has 0 radical (unpaired) electrons. The van der Waals surface area contributed by atoms with Crippen LogP contribution in [0, 0.1) is 5.92 Å². The molecule has 0 saturated carbocycles. The van der Waals surface area contributed by atoms with E-state index in [1.807, 2.05) is 23.9 Å². The minimum Gasteiger partial charge on any atom is -0.435 e. The van der Waals surface area contributed by atoms with Gasteiger partial charge < -0.3 is 10.1 Å². The number of nitrogens with one attached hydrogen (secondary N) is 1. The van der Waals surface area contributed by atoms with Crippen LogP contribution in [0.1, 0.15) is 12.0 Å². The van der Waals surface area contributed by atoms with Crippen molar-refractivity contribution < 1.29 is 13.5 Å². The Morgan fingerprint density at radius 2 is 2.11 bits per heavy atom. The smallest absolute Gasteiger partial charge is 0.387 e. The molecule has 1 aromatic carbocycles. The van der Waals surface area contributed by atoms with Crippen LogP contribution in [0.2, 0.25) is 0 Å². The molecule has 2 nitrogen and oxygen atoms in total. The molecule has 0 bridgehead atoms. The van der Waals surface area contributed by atoms with E-state index >= 15 is 0 Å². The summed E-state index contributed by atoms with van der Waals surface area (Å²) >= 11 is 2.01. The molecule has 0 amide bonds. The van der Waals surface area contributed by atoms with E-state index in [9.17, 15) is 8.78 Å². The van der Waals surface area contributed by atoms with Crippen LogP contribution < -0.4 is 10.1 Å². The van der Waals surface area contributed by atoms with Gasteiger partial charge in [0, 0.05) is 6.54 Å². The normalized spacial score (nSPS) is 19.4. The first kappa shape index (κ1) is 13.6. The summed E-state index contributed by atoms with van der Waals surface area (Å²) in [5, 5.41) is 3.40. The summed E-state index contributed by atoms with van der Waals surface area (Å²) in [4.78, 5) is 0. The van der Waals surface area contributed by atoms with Crippen LogP contribution in [-0.4, -0.2) is 24.7 Å². The van der Waals surface area contributed by atoms with Crippen molar-refractivity contribution in [1.29, 1.82) is 0 Å². The third kappa shape index (κ3) is 4.46. The quantitative estimate of drug-likeness (QED) is 0.860. The fourth-order valence-electron chi connectivity index (χ4n) is 1.95. The topological polar surface area (TPSA) is 21.3 Å².